The van der Waals surface area contributed by atoms with Crippen molar-refractivity contribution < 1.29 is 19.0 Å². The largest absolute Gasteiger partial charge is 0.496 e. The number of carboxylic acid groups (broad SMARTS) is 1. The molecule has 0 aromatic heterocycles. The third-order valence-corrected chi connectivity index (χ3v) is 2.90. The van der Waals surface area contributed by atoms with Crippen LogP contribution in [0.15, 0.2) is 36.4 Å². The minimum Gasteiger partial charge on any atom is -0.496 e. The monoisotopic (exact) mass is 280 g/mol. The first kappa shape index (κ1) is 13.4. The van der Waals surface area contributed by atoms with E-state index in [-0.39, 0.29) is 11.1 Å². The van der Waals surface area contributed by atoms with Crippen molar-refractivity contribution >= 4 is 17.6 Å². The van der Waals surface area contributed by atoms with E-state index in [1.165, 1.54) is 19.2 Å². The fraction of sp³-hybridized carbons (Fsp3) is 0.0714. The van der Waals surface area contributed by atoms with Crippen LogP contribution in [0.25, 0.3) is 11.1 Å². The maximum atomic E-state index is 14.0. The molecule has 0 fully saturated rings. The van der Waals surface area contributed by atoms with Gasteiger partial charge in [0.1, 0.15) is 11.6 Å². The second-order valence-corrected chi connectivity index (χ2v) is 4.28. The molecule has 5 heteroatoms. The Hall–Kier alpha value is -2.07. The first-order valence-electron chi connectivity index (χ1n) is 5.39. The lowest BCUT2D eigenvalue weighted by molar-refractivity contribution is 0.0696. The second-order valence-electron chi connectivity index (χ2n) is 3.84. The molecule has 0 unspecified atom stereocenters. The van der Waals surface area contributed by atoms with E-state index in [2.05, 4.69) is 0 Å². The van der Waals surface area contributed by atoms with Crippen LogP contribution in [0.1, 0.15) is 10.4 Å². The molecule has 0 amide bonds. The van der Waals surface area contributed by atoms with Gasteiger partial charge in [-0.05, 0) is 30.3 Å². The molecule has 2 aromatic rings. The van der Waals surface area contributed by atoms with Crippen LogP contribution in [0.3, 0.4) is 0 Å². The lowest BCUT2D eigenvalue weighted by Crippen LogP contribution is -1.98. The minimum absolute atomic E-state index is 0.109. The molecule has 0 spiro atoms. The zero-order valence-corrected chi connectivity index (χ0v) is 10.7. The van der Waals surface area contributed by atoms with Gasteiger partial charge < -0.3 is 9.84 Å². The number of carbonyl (C=O) groups is 1. The predicted octanol–water partition coefficient (Wildman–Crippen LogP) is 3.85. The lowest BCUT2D eigenvalue weighted by Gasteiger charge is -2.10. The van der Waals surface area contributed by atoms with Gasteiger partial charge in [0, 0.05) is 16.1 Å². The van der Waals surface area contributed by atoms with E-state index in [4.69, 9.17) is 21.4 Å². The maximum Gasteiger partial charge on any atom is 0.335 e. The number of carboxylic acids is 1. The molecule has 2 rings (SSSR count). The Bertz CT molecular complexity index is 641. The van der Waals surface area contributed by atoms with Crippen LogP contribution < -0.4 is 4.74 Å². The summed E-state index contributed by atoms with van der Waals surface area (Å²) in [6.07, 6.45) is 0. The Balaban J connectivity index is 2.59. The second kappa shape index (κ2) is 5.28. The quantitative estimate of drug-likeness (QED) is 0.929. The molecule has 0 heterocycles. The Morgan fingerprint density at radius 2 is 1.95 bits per heavy atom. The van der Waals surface area contributed by atoms with Crippen molar-refractivity contribution in [1.82, 2.24) is 0 Å². The number of methoxy groups -OCH3 is 1. The van der Waals surface area contributed by atoms with E-state index in [1.54, 1.807) is 18.2 Å². The number of hydrogen-bond acceptors (Lipinski definition) is 2. The molecule has 0 bridgehead atoms. The summed E-state index contributed by atoms with van der Waals surface area (Å²) in [4.78, 5) is 10.8. The molecule has 0 radical (unpaired) electrons. The minimum atomic E-state index is -1.18. The van der Waals surface area contributed by atoms with Crippen LogP contribution in [0, 0.1) is 5.82 Å². The normalized spacial score (nSPS) is 10.3. The highest BCUT2D eigenvalue weighted by Gasteiger charge is 2.13. The van der Waals surface area contributed by atoms with Crippen molar-refractivity contribution in [2.24, 2.45) is 0 Å². The summed E-state index contributed by atoms with van der Waals surface area (Å²) in [6, 6.07) is 8.53. The van der Waals surface area contributed by atoms with Crippen molar-refractivity contribution in [2.75, 3.05) is 7.11 Å². The van der Waals surface area contributed by atoms with Crippen LogP contribution in [-0.2, 0) is 0 Å². The van der Waals surface area contributed by atoms with Gasteiger partial charge in [-0.25, -0.2) is 9.18 Å². The van der Waals surface area contributed by atoms with Gasteiger partial charge in [0.2, 0.25) is 0 Å². The predicted molar refractivity (Wildman–Crippen MR) is 70.4 cm³/mol. The van der Waals surface area contributed by atoms with Gasteiger partial charge in [0.25, 0.3) is 0 Å². The van der Waals surface area contributed by atoms with E-state index in [0.29, 0.717) is 16.3 Å². The van der Waals surface area contributed by atoms with Gasteiger partial charge in [0.05, 0.1) is 12.7 Å². The maximum absolute atomic E-state index is 14.0. The van der Waals surface area contributed by atoms with Crippen molar-refractivity contribution in [3.63, 3.8) is 0 Å². The molecule has 0 aliphatic heterocycles. The first-order valence-corrected chi connectivity index (χ1v) is 5.77. The topological polar surface area (TPSA) is 46.5 Å². The van der Waals surface area contributed by atoms with Crippen LogP contribution in [0.5, 0.6) is 5.75 Å². The zero-order chi connectivity index (χ0) is 14.0. The van der Waals surface area contributed by atoms with Gasteiger partial charge in [-0.1, -0.05) is 17.7 Å². The number of ether oxygens (including phenoxy) is 1. The highest BCUT2D eigenvalue weighted by atomic mass is 35.5. The summed E-state index contributed by atoms with van der Waals surface area (Å²) in [5, 5.41) is 9.25. The van der Waals surface area contributed by atoms with Gasteiger partial charge in [-0.15, -0.1) is 0 Å². The van der Waals surface area contributed by atoms with Gasteiger partial charge in [-0.3, -0.25) is 0 Å². The third-order valence-electron chi connectivity index (χ3n) is 2.67. The average molecular weight is 281 g/mol. The zero-order valence-electron chi connectivity index (χ0n) is 9.98. The number of halogens is 2. The molecule has 3 nitrogen and oxygen atoms in total. The van der Waals surface area contributed by atoms with Gasteiger partial charge in [-0.2, -0.15) is 0 Å². The Labute approximate surface area is 114 Å². The molecule has 19 heavy (non-hydrogen) atoms. The summed E-state index contributed by atoms with van der Waals surface area (Å²) in [6.45, 7) is 0. The lowest BCUT2D eigenvalue weighted by atomic mass is 10.0. The molecule has 2 aromatic carbocycles. The molecular weight excluding hydrogens is 271 g/mol. The molecule has 0 aliphatic carbocycles. The highest BCUT2D eigenvalue weighted by molar-refractivity contribution is 6.31. The molecule has 0 aliphatic rings. The van der Waals surface area contributed by atoms with Gasteiger partial charge >= 0.3 is 5.97 Å². The number of hydrogen-bond donors (Lipinski definition) is 1. The Kier molecular flexibility index (Phi) is 3.71. The molecular formula is C14H10ClFO3. The van der Waals surface area contributed by atoms with Crippen LogP contribution >= 0.6 is 11.6 Å². The van der Waals surface area contributed by atoms with Gasteiger partial charge in [0.15, 0.2) is 0 Å². The van der Waals surface area contributed by atoms with E-state index >= 15 is 0 Å². The third kappa shape index (κ3) is 2.69. The number of benzene rings is 2. The Morgan fingerprint density at radius 1 is 1.21 bits per heavy atom. The SMILES string of the molecule is COc1ccc(Cl)cc1-c1ccc(C(=O)O)cc1F. The number of aromatic carboxylic acids is 1. The standard InChI is InChI=1S/C14H10ClFO3/c1-19-13-5-3-9(15)7-11(13)10-4-2-8(14(17)18)6-12(10)16/h2-7H,1H3,(H,17,18). The van der Waals surface area contributed by atoms with E-state index < -0.39 is 11.8 Å². The number of rotatable bonds is 3. The summed E-state index contributed by atoms with van der Waals surface area (Å²) >= 11 is 5.89. The summed E-state index contributed by atoms with van der Waals surface area (Å²) < 4.78 is 19.1. The fourth-order valence-electron chi connectivity index (χ4n) is 1.76. The van der Waals surface area contributed by atoms with Crippen molar-refractivity contribution in [2.45, 2.75) is 0 Å². The molecule has 0 atom stereocenters. The van der Waals surface area contributed by atoms with Crippen molar-refractivity contribution in [3.8, 4) is 16.9 Å². The van der Waals surface area contributed by atoms with Crippen molar-refractivity contribution in [3.05, 3.63) is 52.8 Å². The summed E-state index contributed by atoms with van der Waals surface area (Å²) in [5.74, 6) is -1.35. The summed E-state index contributed by atoms with van der Waals surface area (Å²) in [5.41, 5.74) is 0.607. The van der Waals surface area contributed by atoms with Crippen LogP contribution in [0.2, 0.25) is 5.02 Å². The fourth-order valence-corrected chi connectivity index (χ4v) is 1.93. The van der Waals surface area contributed by atoms with Crippen LogP contribution in [-0.4, -0.2) is 18.2 Å². The van der Waals surface area contributed by atoms with E-state index in [9.17, 15) is 9.18 Å². The molecule has 1 N–H and O–H groups in total. The Morgan fingerprint density at radius 3 is 2.53 bits per heavy atom. The molecule has 0 saturated heterocycles. The first-order chi connectivity index (χ1) is 9.02. The van der Waals surface area contributed by atoms with E-state index in [0.717, 1.165) is 6.07 Å². The molecule has 0 saturated carbocycles. The molecule has 98 valence electrons. The average Bonchev–Trinajstić information content (AvgIpc) is 2.38. The van der Waals surface area contributed by atoms with Crippen LogP contribution in [0.4, 0.5) is 4.39 Å². The summed E-state index contributed by atoms with van der Waals surface area (Å²) in [7, 11) is 1.47. The van der Waals surface area contributed by atoms with Crippen molar-refractivity contribution in [1.29, 1.82) is 0 Å². The smallest absolute Gasteiger partial charge is 0.335 e. The van der Waals surface area contributed by atoms with E-state index in [1.807, 2.05) is 0 Å². The highest BCUT2D eigenvalue weighted by Crippen LogP contribution is 2.34.